The van der Waals surface area contributed by atoms with Crippen LogP contribution < -0.4 is 0 Å². The lowest BCUT2D eigenvalue weighted by atomic mass is 9.65. The van der Waals surface area contributed by atoms with Gasteiger partial charge in [-0.3, -0.25) is 4.79 Å². The minimum atomic E-state index is -0.0953. The Morgan fingerprint density at radius 3 is 2.60 bits per heavy atom. The van der Waals surface area contributed by atoms with Gasteiger partial charge in [0.2, 0.25) is 0 Å². The first-order valence-corrected chi connectivity index (χ1v) is 5.61. The van der Waals surface area contributed by atoms with Crippen molar-refractivity contribution in [1.82, 2.24) is 0 Å². The van der Waals surface area contributed by atoms with Gasteiger partial charge in [-0.05, 0) is 38.0 Å². The summed E-state index contributed by atoms with van der Waals surface area (Å²) in [6.07, 6.45) is 2.85. The van der Waals surface area contributed by atoms with Crippen molar-refractivity contribution in [2.24, 2.45) is 11.3 Å². The maximum atomic E-state index is 11.4. The van der Waals surface area contributed by atoms with E-state index in [9.17, 15) is 4.79 Å². The van der Waals surface area contributed by atoms with E-state index in [1.54, 1.807) is 0 Å². The smallest absolute Gasteiger partial charge is 0.306 e. The topological polar surface area (TPSA) is 26.3 Å². The molecule has 86 valence electrons. The Kier molecular flexibility index (Phi) is 3.58. The standard InChI is InChI=1S/C13H22O2/c1-9-6-7-13(3,4)11(10(9)2)8-12(14)15-5/h11H,6-8H2,1-5H3. The summed E-state index contributed by atoms with van der Waals surface area (Å²) in [7, 11) is 1.46. The number of carbonyl (C=O) groups excluding carboxylic acids is 1. The highest BCUT2D eigenvalue weighted by Crippen LogP contribution is 2.45. The summed E-state index contributed by atoms with van der Waals surface area (Å²) in [5.41, 5.74) is 3.05. The number of hydrogen-bond acceptors (Lipinski definition) is 2. The van der Waals surface area contributed by atoms with E-state index in [1.165, 1.54) is 18.3 Å². The van der Waals surface area contributed by atoms with E-state index in [0.29, 0.717) is 12.3 Å². The van der Waals surface area contributed by atoms with E-state index < -0.39 is 0 Å². The summed E-state index contributed by atoms with van der Waals surface area (Å²) >= 11 is 0. The summed E-state index contributed by atoms with van der Waals surface area (Å²) in [5, 5.41) is 0. The second-order valence-corrected chi connectivity index (χ2v) is 5.28. The number of ether oxygens (including phenoxy) is 1. The maximum Gasteiger partial charge on any atom is 0.306 e. The van der Waals surface area contributed by atoms with Crippen molar-refractivity contribution >= 4 is 5.97 Å². The summed E-state index contributed by atoms with van der Waals surface area (Å²) in [6.45, 7) is 8.83. The van der Waals surface area contributed by atoms with Gasteiger partial charge in [0.15, 0.2) is 0 Å². The molecule has 0 spiro atoms. The van der Waals surface area contributed by atoms with Gasteiger partial charge < -0.3 is 4.74 Å². The van der Waals surface area contributed by atoms with Crippen LogP contribution in [0.5, 0.6) is 0 Å². The van der Waals surface area contributed by atoms with Crippen LogP contribution in [0.4, 0.5) is 0 Å². The summed E-state index contributed by atoms with van der Waals surface area (Å²) in [6, 6.07) is 0. The predicted molar refractivity (Wildman–Crippen MR) is 61.5 cm³/mol. The van der Waals surface area contributed by atoms with Gasteiger partial charge in [-0.2, -0.15) is 0 Å². The highest BCUT2D eigenvalue weighted by atomic mass is 16.5. The second kappa shape index (κ2) is 4.38. The third-order valence-electron chi connectivity index (χ3n) is 3.88. The van der Waals surface area contributed by atoms with Crippen molar-refractivity contribution < 1.29 is 9.53 Å². The molecule has 0 N–H and O–H groups in total. The molecular weight excluding hydrogens is 188 g/mol. The monoisotopic (exact) mass is 210 g/mol. The molecule has 0 aromatic rings. The van der Waals surface area contributed by atoms with Crippen molar-refractivity contribution in [2.45, 2.75) is 47.0 Å². The molecule has 0 fully saturated rings. The number of methoxy groups -OCH3 is 1. The van der Waals surface area contributed by atoms with Gasteiger partial charge in [0.25, 0.3) is 0 Å². The van der Waals surface area contributed by atoms with Gasteiger partial charge in [0.05, 0.1) is 13.5 Å². The van der Waals surface area contributed by atoms with Crippen molar-refractivity contribution in [2.75, 3.05) is 7.11 Å². The number of hydrogen-bond donors (Lipinski definition) is 0. The number of allylic oxidation sites excluding steroid dienone is 2. The molecule has 0 heterocycles. The highest BCUT2D eigenvalue weighted by molar-refractivity contribution is 5.70. The molecule has 2 heteroatoms. The Morgan fingerprint density at radius 2 is 2.07 bits per heavy atom. The van der Waals surface area contributed by atoms with E-state index in [-0.39, 0.29) is 11.4 Å². The van der Waals surface area contributed by atoms with E-state index in [2.05, 4.69) is 27.7 Å². The number of esters is 1. The van der Waals surface area contributed by atoms with Gasteiger partial charge in [0, 0.05) is 0 Å². The fourth-order valence-electron chi connectivity index (χ4n) is 2.44. The molecule has 15 heavy (non-hydrogen) atoms. The second-order valence-electron chi connectivity index (χ2n) is 5.28. The first kappa shape index (κ1) is 12.3. The Labute approximate surface area is 92.7 Å². The molecule has 0 saturated carbocycles. The molecule has 0 aliphatic heterocycles. The SMILES string of the molecule is COC(=O)CC1C(C)=C(C)CCC1(C)C. The first-order chi connectivity index (χ1) is 6.88. The number of rotatable bonds is 2. The minimum absolute atomic E-state index is 0.0953. The van der Waals surface area contributed by atoms with Crippen LogP contribution in [-0.4, -0.2) is 13.1 Å². The van der Waals surface area contributed by atoms with Gasteiger partial charge in [-0.1, -0.05) is 25.0 Å². The van der Waals surface area contributed by atoms with Gasteiger partial charge in [-0.15, -0.1) is 0 Å². The molecule has 0 bridgehead atoms. The fraction of sp³-hybridized carbons (Fsp3) is 0.769. The largest absolute Gasteiger partial charge is 0.469 e. The van der Waals surface area contributed by atoms with Crippen LogP contribution in [0.1, 0.15) is 47.0 Å². The highest BCUT2D eigenvalue weighted by Gasteiger charge is 2.36. The third kappa shape index (κ3) is 2.61. The van der Waals surface area contributed by atoms with E-state index in [1.807, 2.05) is 0 Å². The molecule has 0 radical (unpaired) electrons. The normalized spacial score (nSPS) is 25.3. The Balaban J connectivity index is 2.89. The molecule has 0 aromatic heterocycles. The zero-order valence-electron chi connectivity index (χ0n) is 10.5. The van der Waals surface area contributed by atoms with Gasteiger partial charge >= 0.3 is 5.97 Å². The fourth-order valence-corrected chi connectivity index (χ4v) is 2.44. The average molecular weight is 210 g/mol. The van der Waals surface area contributed by atoms with Crippen molar-refractivity contribution in [3.05, 3.63) is 11.1 Å². The molecule has 1 rings (SSSR count). The van der Waals surface area contributed by atoms with Crippen LogP contribution in [0.2, 0.25) is 0 Å². The molecule has 1 aliphatic carbocycles. The Bertz CT molecular complexity index is 287. The molecule has 1 unspecified atom stereocenters. The first-order valence-electron chi connectivity index (χ1n) is 5.61. The summed E-state index contributed by atoms with van der Waals surface area (Å²) in [5.74, 6) is 0.251. The predicted octanol–water partition coefficient (Wildman–Crippen LogP) is 3.32. The molecule has 1 atom stereocenters. The summed E-state index contributed by atoms with van der Waals surface area (Å²) < 4.78 is 4.77. The van der Waals surface area contributed by atoms with Crippen LogP contribution in [0.25, 0.3) is 0 Å². The number of carbonyl (C=O) groups is 1. The molecule has 2 nitrogen and oxygen atoms in total. The summed E-state index contributed by atoms with van der Waals surface area (Å²) in [4.78, 5) is 11.4. The van der Waals surface area contributed by atoms with E-state index >= 15 is 0 Å². The molecular formula is C13H22O2. The quantitative estimate of drug-likeness (QED) is 0.516. The lowest BCUT2D eigenvalue weighted by Gasteiger charge is -2.39. The zero-order chi connectivity index (χ0) is 11.6. The van der Waals surface area contributed by atoms with Crippen LogP contribution in [0.3, 0.4) is 0 Å². The lowest BCUT2D eigenvalue weighted by Crippen LogP contribution is -2.31. The van der Waals surface area contributed by atoms with Crippen LogP contribution >= 0.6 is 0 Å². The Morgan fingerprint density at radius 1 is 1.47 bits per heavy atom. The zero-order valence-corrected chi connectivity index (χ0v) is 10.5. The van der Waals surface area contributed by atoms with Crippen molar-refractivity contribution in [1.29, 1.82) is 0 Å². The lowest BCUT2D eigenvalue weighted by molar-refractivity contribution is -0.142. The van der Waals surface area contributed by atoms with Gasteiger partial charge in [-0.25, -0.2) is 0 Å². The molecule has 0 aromatic carbocycles. The molecule has 0 saturated heterocycles. The van der Waals surface area contributed by atoms with Crippen LogP contribution in [0, 0.1) is 11.3 Å². The third-order valence-corrected chi connectivity index (χ3v) is 3.88. The minimum Gasteiger partial charge on any atom is -0.469 e. The average Bonchev–Trinajstić information content (AvgIpc) is 2.19. The maximum absolute atomic E-state index is 11.4. The van der Waals surface area contributed by atoms with Crippen LogP contribution in [-0.2, 0) is 9.53 Å². The molecule has 0 amide bonds. The van der Waals surface area contributed by atoms with Crippen molar-refractivity contribution in [3.8, 4) is 0 Å². The molecule has 1 aliphatic rings. The van der Waals surface area contributed by atoms with Crippen LogP contribution in [0.15, 0.2) is 11.1 Å². The van der Waals surface area contributed by atoms with Crippen molar-refractivity contribution in [3.63, 3.8) is 0 Å². The van der Waals surface area contributed by atoms with E-state index in [0.717, 1.165) is 12.8 Å². The van der Waals surface area contributed by atoms with Gasteiger partial charge in [0.1, 0.15) is 0 Å². The van der Waals surface area contributed by atoms with E-state index in [4.69, 9.17) is 4.74 Å². The Hall–Kier alpha value is -0.790.